The average molecular weight is 300 g/mol. The number of hydrogen-bond donors (Lipinski definition) is 1. The highest BCUT2D eigenvalue weighted by molar-refractivity contribution is 7.98. The topological polar surface area (TPSA) is 35.8 Å². The van der Waals surface area contributed by atoms with Crippen molar-refractivity contribution in [1.29, 1.82) is 5.26 Å². The van der Waals surface area contributed by atoms with E-state index < -0.39 is 0 Å². The zero-order chi connectivity index (χ0) is 15.1. The summed E-state index contributed by atoms with van der Waals surface area (Å²) in [6, 6.07) is 14.8. The first-order valence-corrected chi connectivity index (χ1v) is 7.82. The highest BCUT2D eigenvalue weighted by Gasteiger charge is 2.04. The smallest absolute Gasteiger partial charge is 0.128 e. The molecule has 0 amide bonds. The Morgan fingerprint density at radius 3 is 2.57 bits per heavy atom. The van der Waals surface area contributed by atoms with E-state index in [1.807, 2.05) is 6.07 Å². The van der Waals surface area contributed by atoms with Crippen molar-refractivity contribution in [3.8, 4) is 6.07 Å². The molecule has 108 valence electrons. The van der Waals surface area contributed by atoms with Gasteiger partial charge in [-0.25, -0.2) is 4.39 Å². The Balaban J connectivity index is 1.95. The fourth-order valence-corrected chi connectivity index (χ4v) is 2.75. The maximum absolute atomic E-state index is 13.8. The fraction of sp³-hybridized carbons (Fsp3) is 0.235. The third-order valence-corrected chi connectivity index (χ3v) is 4.14. The molecule has 0 aliphatic carbocycles. The number of halogens is 1. The molecule has 0 radical (unpaired) electrons. The zero-order valence-electron chi connectivity index (χ0n) is 11.9. The summed E-state index contributed by atoms with van der Waals surface area (Å²) < 4.78 is 13.8. The zero-order valence-corrected chi connectivity index (χ0v) is 12.7. The molecule has 2 nitrogen and oxygen atoms in total. The minimum atomic E-state index is -0.315. The van der Waals surface area contributed by atoms with Crippen LogP contribution in [0.15, 0.2) is 47.4 Å². The van der Waals surface area contributed by atoms with Gasteiger partial charge in [0.05, 0.1) is 11.6 Å². The van der Waals surface area contributed by atoms with Crippen LogP contribution in [0.1, 0.15) is 23.6 Å². The molecule has 0 atom stereocenters. The summed E-state index contributed by atoms with van der Waals surface area (Å²) in [7, 11) is 0. The normalized spacial score (nSPS) is 10.3. The number of hydrogen-bond acceptors (Lipinski definition) is 3. The minimum absolute atomic E-state index is 0.315. The molecule has 0 aromatic heterocycles. The maximum atomic E-state index is 13.8. The fourth-order valence-electron chi connectivity index (χ4n) is 1.87. The van der Waals surface area contributed by atoms with Crippen LogP contribution in [-0.2, 0) is 12.3 Å². The van der Waals surface area contributed by atoms with Crippen LogP contribution >= 0.6 is 11.8 Å². The molecule has 0 aliphatic heterocycles. The molecule has 0 aliphatic rings. The number of thioether (sulfide) groups is 1. The lowest BCUT2D eigenvalue weighted by molar-refractivity contribution is 0.617. The molecular weight excluding hydrogens is 283 g/mol. The summed E-state index contributed by atoms with van der Waals surface area (Å²) in [5.41, 5.74) is 2.22. The predicted octanol–water partition coefficient (Wildman–Crippen LogP) is 4.10. The van der Waals surface area contributed by atoms with Gasteiger partial charge in [0.2, 0.25) is 0 Å². The van der Waals surface area contributed by atoms with Crippen molar-refractivity contribution in [3.05, 3.63) is 65.0 Å². The average Bonchev–Trinajstić information content (AvgIpc) is 2.52. The second-order valence-corrected chi connectivity index (χ2v) is 5.68. The van der Waals surface area contributed by atoms with E-state index in [4.69, 9.17) is 5.26 Å². The van der Waals surface area contributed by atoms with Crippen LogP contribution in [-0.4, -0.2) is 6.54 Å². The van der Waals surface area contributed by atoms with E-state index in [1.54, 1.807) is 23.9 Å². The van der Waals surface area contributed by atoms with E-state index in [1.165, 1.54) is 11.6 Å². The lowest BCUT2D eigenvalue weighted by Gasteiger charge is -2.06. The summed E-state index contributed by atoms with van der Waals surface area (Å²) in [4.78, 5) is 1.11. The number of nitrogens with one attached hydrogen (secondary N) is 1. The van der Waals surface area contributed by atoms with Gasteiger partial charge in [-0.05, 0) is 41.9 Å². The largest absolute Gasteiger partial charge is 0.313 e. The van der Waals surface area contributed by atoms with Crippen molar-refractivity contribution in [3.63, 3.8) is 0 Å². The molecule has 0 unspecified atom stereocenters. The Bertz CT molecular complexity index is 632. The molecule has 0 bridgehead atoms. The second-order valence-electron chi connectivity index (χ2n) is 4.63. The third kappa shape index (κ3) is 4.59. The summed E-state index contributed by atoms with van der Waals surface area (Å²) in [5.74, 6) is 0.245. The minimum Gasteiger partial charge on any atom is -0.313 e. The van der Waals surface area contributed by atoms with Crippen molar-refractivity contribution >= 4 is 11.8 Å². The van der Waals surface area contributed by atoms with Crippen LogP contribution < -0.4 is 5.32 Å². The van der Waals surface area contributed by atoms with Crippen LogP contribution in [0, 0.1) is 17.1 Å². The summed E-state index contributed by atoms with van der Waals surface area (Å²) in [6.07, 6.45) is 0. The number of rotatable bonds is 6. The molecule has 1 N–H and O–H groups in total. The predicted molar refractivity (Wildman–Crippen MR) is 84.5 cm³/mol. The Labute approximate surface area is 129 Å². The molecule has 2 aromatic carbocycles. The molecule has 0 saturated carbocycles. The van der Waals surface area contributed by atoms with Crippen molar-refractivity contribution in [1.82, 2.24) is 5.32 Å². The molecule has 21 heavy (non-hydrogen) atoms. The molecule has 0 heterocycles. The van der Waals surface area contributed by atoms with Crippen molar-refractivity contribution in [2.45, 2.75) is 24.1 Å². The van der Waals surface area contributed by atoms with Gasteiger partial charge in [-0.1, -0.05) is 25.1 Å². The standard InChI is InChI=1S/C17H17FN2S/c1-2-20-11-13-4-7-16(8-5-13)21-12-15-6-3-14(10-19)9-17(15)18/h3-9,20H,2,11-12H2,1H3. The molecule has 0 fully saturated rings. The SMILES string of the molecule is CCNCc1ccc(SCc2ccc(C#N)cc2F)cc1. The molecule has 2 aromatic rings. The maximum Gasteiger partial charge on any atom is 0.128 e. The van der Waals surface area contributed by atoms with Crippen LogP contribution in [0.25, 0.3) is 0 Å². The highest BCUT2D eigenvalue weighted by atomic mass is 32.2. The van der Waals surface area contributed by atoms with Gasteiger partial charge in [0.15, 0.2) is 0 Å². The Morgan fingerprint density at radius 2 is 1.95 bits per heavy atom. The van der Waals surface area contributed by atoms with E-state index in [0.29, 0.717) is 16.9 Å². The Morgan fingerprint density at radius 1 is 1.19 bits per heavy atom. The van der Waals surface area contributed by atoms with E-state index in [2.05, 4.69) is 36.5 Å². The first-order chi connectivity index (χ1) is 10.2. The summed E-state index contributed by atoms with van der Waals surface area (Å²) >= 11 is 1.59. The van der Waals surface area contributed by atoms with E-state index in [0.717, 1.165) is 18.0 Å². The quantitative estimate of drug-likeness (QED) is 0.816. The summed E-state index contributed by atoms with van der Waals surface area (Å²) in [6.45, 7) is 3.90. The Hall–Kier alpha value is -1.83. The van der Waals surface area contributed by atoms with Crippen LogP contribution in [0.5, 0.6) is 0 Å². The van der Waals surface area contributed by atoms with Crippen molar-refractivity contribution in [2.24, 2.45) is 0 Å². The van der Waals surface area contributed by atoms with E-state index in [9.17, 15) is 4.39 Å². The molecule has 0 saturated heterocycles. The molecule has 4 heteroatoms. The van der Waals surface area contributed by atoms with E-state index in [-0.39, 0.29) is 5.82 Å². The number of nitriles is 1. The summed E-state index contributed by atoms with van der Waals surface area (Å²) in [5, 5.41) is 12.0. The molecule has 0 spiro atoms. The van der Waals surface area contributed by atoms with Gasteiger partial charge in [-0.2, -0.15) is 5.26 Å². The van der Waals surface area contributed by atoms with Gasteiger partial charge in [-0.15, -0.1) is 11.8 Å². The first kappa shape index (κ1) is 15.6. The highest BCUT2D eigenvalue weighted by Crippen LogP contribution is 2.24. The lowest BCUT2D eigenvalue weighted by atomic mass is 10.1. The second kappa shape index (κ2) is 7.82. The van der Waals surface area contributed by atoms with Crippen LogP contribution in [0.4, 0.5) is 4.39 Å². The number of benzene rings is 2. The van der Waals surface area contributed by atoms with Gasteiger partial charge >= 0.3 is 0 Å². The van der Waals surface area contributed by atoms with Gasteiger partial charge < -0.3 is 5.32 Å². The molecular formula is C17H17FN2S. The lowest BCUT2D eigenvalue weighted by Crippen LogP contribution is -2.11. The van der Waals surface area contributed by atoms with Crippen LogP contribution in [0.2, 0.25) is 0 Å². The van der Waals surface area contributed by atoms with Gasteiger partial charge in [0, 0.05) is 17.2 Å². The van der Waals surface area contributed by atoms with Crippen molar-refractivity contribution in [2.75, 3.05) is 6.54 Å². The van der Waals surface area contributed by atoms with Gasteiger partial charge in [0.25, 0.3) is 0 Å². The monoisotopic (exact) mass is 300 g/mol. The van der Waals surface area contributed by atoms with E-state index >= 15 is 0 Å². The first-order valence-electron chi connectivity index (χ1n) is 6.84. The van der Waals surface area contributed by atoms with Crippen molar-refractivity contribution < 1.29 is 4.39 Å². The van der Waals surface area contributed by atoms with Gasteiger partial charge in [0.1, 0.15) is 5.82 Å². The molecule has 2 rings (SSSR count). The Kier molecular flexibility index (Phi) is 5.79. The van der Waals surface area contributed by atoms with Crippen LogP contribution in [0.3, 0.4) is 0 Å². The van der Waals surface area contributed by atoms with Gasteiger partial charge in [-0.3, -0.25) is 0 Å². The number of nitrogens with zero attached hydrogens (tertiary/aromatic N) is 1. The third-order valence-electron chi connectivity index (χ3n) is 3.08.